The molecule has 2 aromatic carbocycles. The van der Waals surface area contributed by atoms with Crippen LogP contribution in [0.5, 0.6) is 5.75 Å². The molecule has 0 bridgehead atoms. The number of nitrogens with one attached hydrogen (secondary N) is 1. The lowest BCUT2D eigenvalue weighted by molar-refractivity contribution is -0.275. The van der Waals surface area contributed by atoms with Gasteiger partial charge in [-0.2, -0.15) is 0 Å². The number of aromatic nitrogens is 3. The Morgan fingerprint density at radius 3 is 2.57 bits per heavy atom. The van der Waals surface area contributed by atoms with Gasteiger partial charge < -0.3 is 4.74 Å². The average molecular weight is 461 g/mol. The summed E-state index contributed by atoms with van der Waals surface area (Å²) in [5, 5.41) is 7.62. The third kappa shape index (κ3) is 4.89. The van der Waals surface area contributed by atoms with Crippen molar-refractivity contribution in [2.45, 2.75) is 18.2 Å². The minimum atomic E-state index is -5.12. The summed E-state index contributed by atoms with van der Waals surface area (Å²) >= 11 is 6.12. The van der Waals surface area contributed by atoms with Crippen LogP contribution >= 0.6 is 11.6 Å². The Balaban J connectivity index is 1.85. The van der Waals surface area contributed by atoms with Crippen LogP contribution in [0.15, 0.2) is 53.6 Å². The molecular weight excluding hydrogens is 449 g/mol. The van der Waals surface area contributed by atoms with Crippen LogP contribution in [0.25, 0.3) is 5.69 Å². The van der Waals surface area contributed by atoms with Gasteiger partial charge in [-0.15, -0.1) is 18.3 Å². The number of amides is 1. The highest BCUT2D eigenvalue weighted by Gasteiger charge is 2.34. The van der Waals surface area contributed by atoms with E-state index in [2.05, 4.69) is 15.0 Å². The van der Waals surface area contributed by atoms with Crippen molar-refractivity contribution in [1.29, 1.82) is 0 Å². The Bertz CT molecular complexity index is 1210. The molecule has 0 aliphatic heterocycles. The number of aryl methyl sites for hydroxylation is 1. The number of hydrogen-bond acceptors (Lipinski definition) is 6. The van der Waals surface area contributed by atoms with Crippen molar-refractivity contribution in [3.05, 3.63) is 64.9 Å². The van der Waals surface area contributed by atoms with Crippen molar-refractivity contribution in [2.75, 3.05) is 0 Å². The molecule has 1 N–H and O–H groups in total. The average Bonchev–Trinajstić information content (AvgIpc) is 3.10. The van der Waals surface area contributed by atoms with Crippen LogP contribution < -0.4 is 9.46 Å². The molecule has 0 aliphatic carbocycles. The Morgan fingerprint density at radius 1 is 1.20 bits per heavy atom. The van der Waals surface area contributed by atoms with Gasteiger partial charge in [-0.25, -0.2) is 17.8 Å². The van der Waals surface area contributed by atoms with Crippen molar-refractivity contribution in [2.24, 2.45) is 0 Å². The SMILES string of the molecule is Cc1ccc(-n2cc(C(=O)NS(=O)(=O)c3ccccc3OC(F)(F)F)nn2)c(Cl)c1. The molecule has 1 heterocycles. The van der Waals surface area contributed by atoms with Crippen molar-refractivity contribution in [1.82, 2.24) is 19.7 Å². The molecule has 0 unspecified atom stereocenters. The third-order valence-electron chi connectivity index (χ3n) is 3.67. The fourth-order valence-electron chi connectivity index (χ4n) is 2.39. The maximum Gasteiger partial charge on any atom is 0.573 e. The van der Waals surface area contributed by atoms with Gasteiger partial charge in [0.25, 0.3) is 15.9 Å². The first-order valence-corrected chi connectivity index (χ1v) is 9.93. The molecular formula is C17H12ClF3N4O4S. The lowest BCUT2D eigenvalue weighted by Gasteiger charge is -2.13. The minimum absolute atomic E-state index is 0.317. The lowest BCUT2D eigenvalue weighted by atomic mass is 10.2. The number of carbonyl (C=O) groups is 1. The van der Waals surface area contributed by atoms with Gasteiger partial charge in [0.05, 0.1) is 16.9 Å². The fourth-order valence-corrected chi connectivity index (χ4v) is 3.81. The molecule has 30 heavy (non-hydrogen) atoms. The summed E-state index contributed by atoms with van der Waals surface area (Å²) in [5.74, 6) is -2.19. The van der Waals surface area contributed by atoms with Gasteiger partial charge in [0, 0.05) is 0 Å². The topological polar surface area (TPSA) is 103 Å². The molecule has 0 fully saturated rings. The van der Waals surface area contributed by atoms with Crippen LogP contribution in [0, 0.1) is 6.92 Å². The van der Waals surface area contributed by atoms with Gasteiger partial charge in [0.15, 0.2) is 5.69 Å². The lowest BCUT2D eigenvalue weighted by Crippen LogP contribution is -2.31. The summed E-state index contributed by atoms with van der Waals surface area (Å²) < 4.78 is 68.9. The maximum atomic E-state index is 12.5. The Morgan fingerprint density at radius 2 is 1.90 bits per heavy atom. The van der Waals surface area contributed by atoms with Gasteiger partial charge in [-0.3, -0.25) is 4.79 Å². The van der Waals surface area contributed by atoms with E-state index in [0.717, 1.165) is 34.6 Å². The number of halogens is 4. The normalized spacial score (nSPS) is 11.9. The van der Waals surface area contributed by atoms with Gasteiger partial charge >= 0.3 is 6.36 Å². The summed E-state index contributed by atoms with van der Waals surface area (Å²) in [5.41, 5.74) is 0.873. The van der Waals surface area contributed by atoms with Crippen LogP contribution in [0.2, 0.25) is 5.02 Å². The van der Waals surface area contributed by atoms with Crippen molar-refractivity contribution in [3.63, 3.8) is 0 Å². The number of benzene rings is 2. The molecule has 0 saturated heterocycles. The van der Waals surface area contributed by atoms with E-state index in [4.69, 9.17) is 11.6 Å². The number of carbonyl (C=O) groups excluding carboxylic acids is 1. The molecule has 8 nitrogen and oxygen atoms in total. The van der Waals surface area contributed by atoms with E-state index < -0.39 is 38.6 Å². The van der Waals surface area contributed by atoms with Crippen LogP contribution in [0.4, 0.5) is 13.2 Å². The van der Waals surface area contributed by atoms with E-state index in [9.17, 15) is 26.4 Å². The van der Waals surface area contributed by atoms with Crippen LogP contribution in [-0.2, 0) is 10.0 Å². The first-order chi connectivity index (χ1) is 14.0. The first kappa shape index (κ1) is 21.6. The first-order valence-electron chi connectivity index (χ1n) is 8.07. The van der Waals surface area contributed by atoms with Gasteiger partial charge in [0.2, 0.25) is 0 Å². The zero-order valence-electron chi connectivity index (χ0n) is 15.0. The summed E-state index contributed by atoms with van der Waals surface area (Å²) in [6.07, 6.45) is -3.99. The molecule has 158 valence electrons. The quantitative estimate of drug-likeness (QED) is 0.627. The zero-order valence-corrected chi connectivity index (χ0v) is 16.6. The number of nitrogens with zero attached hydrogens (tertiary/aromatic N) is 3. The van der Waals surface area contributed by atoms with Crippen molar-refractivity contribution in [3.8, 4) is 11.4 Å². The fraction of sp³-hybridized carbons (Fsp3) is 0.118. The van der Waals surface area contributed by atoms with E-state index in [1.165, 1.54) is 6.07 Å². The van der Waals surface area contributed by atoms with Gasteiger partial charge in [-0.1, -0.05) is 35.0 Å². The summed E-state index contributed by atoms with van der Waals surface area (Å²) in [7, 11) is -4.71. The zero-order chi connectivity index (χ0) is 22.1. The van der Waals surface area contributed by atoms with E-state index >= 15 is 0 Å². The van der Waals surface area contributed by atoms with Gasteiger partial charge in [-0.05, 0) is 36.8 Å². The van der Waals surface area contributed by atoms with E-state index in [1.54, 1.807) is 22.9 Å². The van der Waals surface area contributed by atoms with E-state index in [-0.39, 0.29) is 0 Å². The molecule has 3 rings (SSSR count). The standard InChI is InChI=1S/C17H12ClF3N4O4S/c1-10-6-7-13(11(18)8-10)25-9-12(22-24-25)16(26)23-30(27,28)15-5-3-2-4-14(15)29-17(19,20)21/h2-9H,1H3,(H,23,26). The second kappa shape index (κ2) is 7.95. The maximum absolute atomic E-state index is 12.5. The molecule has 3 aromatic rings. The molecule has 0 aliphatic rings. The number of sulfonamides is 1. The number of ether oxygens (including phenoxy) is 1. The molecule has 0 radical (unpaired) electrons. The summed E-state index contributed by atoms with van der Waals surface area (Å²) in [4.78, 5) is 11.4. The van der Waals surface area contributed by atoms with E-state index in [1.807, 2.05) is 6.92 Å². The number of alkyl halides is 3. The predicted molar refractivity (Wildman–Crippen MR) is 98.9 cm³/mol. The Labute approximate surface area is 173 Å². The highest BCUT2D eigenvalue weighted by molar-refractivity contribution is 7.90. The predicted octanol–water partition coefficient (Wildman–Crippen LogP) is 3.25. The highest BCUT2D eigenvalue weighted by Crippen LogP contribution is 2.29. The third-order valence-corrected chi connectivity index (χ3v) is 5.34. The van der Waals surface area contributed by atoms with Gasteiger partial charge in [0.1, 0.15) is 10.6 Å². The van der Waals surface area contributed by atoms with Crippen LogP contribution in [-0.4, -0.2) is 35.7 Å². The Kier molecular flexibility index (Phi) is 5.72. The smallest absolute Gasteiger partial charge is 0.404 e. The largest absolute Gasteiger partial charge is 0.573 e. The number of rotatable bonds is 5. The highest BCUT2D eigenvalue weighted by atomic mass is 35.5. The second-order valence-electron chi connectivity index (χ2n) is 5.93. The summed E-state index contributed by atoms with van der Waals surface area (Å²) in [6, 6.07) is 9.01. The molecule has 0 atom stereocenters. The van der Waals surface area contributed by atoms with Crippen molar-refractivity contribution >= 4 is 27.5 Å². The molecule has 1 amide bonds. The minimum Gasteiger partial charge on any atom is -0.404 e. The van der Waals surface area contributed by atoms with Crippen LogP contribution in [0.1, 0.15) is 16.1 Å². The second-order valence-corrected chi connectivity index (χ2v) is 7.99. The molecule has 0 saturated carbocycles. The number of para-hydroxylation sites is 1. The number of hydrogen-bond donors (Lipinski definition) is 1. The van der Waals surface area contributed by atoms with Crippen molar-refractivity contribution < 1.29 is 31.1 Å². The monoisotopic (exact) mass is 460 g/mol. The molecule has 1 aromatic heterocycles. The molecule has 13 heteroatoms. The molecule has 0 spiro atoms. The van der Waals surface area contributed by atoms with E-state index in [0.29, 0.717) is 10.7 Å². The Hall–Kier alpha value is -3.12. The van der Waals surface area contributed by atoms with Crippen LogP contribution in [0.3, 0.4) is 0 Å². The summed E-state index contributed by atoms with van der Waals surface area (Å²) in [6.45, 7) is 1.82.